The topological polar surface area (TPSA) is 64.3 Å². The molecule has 0 aliphatic rings. The van der Waals surface area contributed by atoms with Gasteiger partial charge in [-0.3, -0.25) is 4.79 Å². The molecule has 0 fully saturated rings. The van der Waals surface area contributed by atoms with E-state index < -0.39 is 0 Å². The van der Waals surface area contributed by atoms with Gasteiger partial charge in [-0.15, -0.1) is 11.3 Å². The quantitative estimate of drug-likeness (QED) is 0.891. The van der Waals surface area contributed by atoms with E-state index >= 15 is 0 Å². The van der Waals surface area contributed by atoms with E-state index in [4.69, 9.17) is 10.5 Å². The van der Waals surface area contributed by atoms with Crippen LogP contribution in [0.15, 0.2) is 18.2 Å². The Morgan fingerprint density at radius 3 is 2.95 bits per heavy atom. The Hall–Kier alpha value is -1.40. The number of hydrogen-bond donors (Lipinski definition) is 2. The molecule has 1 amide bonds. The SMILES string of the molecule is COc1cccc2sc(C(=O)NC(C)CSC)c(N)c12. The highest BCUT2D eigenvalue weighted by molar-refractivity contribution is 7.98. The molecular formula is C14H18N2O2S2. The van der Waals surface area contributed by atoms with E-state index in [2.05, 4.69) is 5.32 Å². The highest BCUT2D eigenvalue weighted by Gasteiger charge is 2.19. The minimum absolute atomic E-state index is 0.115. The number of amides is 1. The maximum atomic E-state index is 12.3. The Bertz CT molecular complexity index is 625. The lowest BCUT2D eigenvalue weighted by molar-refractivity contribution is 0.0948. The summed E-state index contributed by atoms with van der Waals surface area (Å²) >= 11 is 3.10. The zero-order valence-electron chi connectivity index (χ0n) is 11.7. The van der Waals surface area contributed by atoms with Gasteiger partial charge in [-0.1, -0.05) is 6.07 Å². The van der Waals surface area contributed by atoms with Crippen molar-refractivity contribution in [2.24, 2.45) is 0 Å². The molecule has 2 rings (SSSR count). The molecule has 0 bridgehead atoms. The van der Waals surface area contributed by atoms with E-state index in [-0.39, 0.29) is 11.9 Å². The monoisotopic (exact) mass is 310 g/mol. The minimum Gasteiger partial charge on any atom is -0.496 e. The number of carbonyl (C=O) groups excluding carboxylic acids is 1. The lowest BCUT2D eigenvalue weighted by Crippen LogP contribution is -2.34. The molecule has 1 aromatic heterocycles. The van der Waals surface area contributed by atoms with Crippen LogP contribution in [0.3, 0.4) is 0 Å². The van der Waals surface area contributed by atoms with Crippen molar-refractivity contribution >= 4 is 44.8 Å². The van der Waals surface area contributed by atoms with E-state index in [1.165, 1.54) is 11.3 Å². The van der Waals surface area contributed by atoms with Crippen molar-refractivity contribution in [3.63, 3.8) is 0 Å². The Labute approximate surface area is 126 Å². The van der Waals surface area contributed by atoms with Gasteiger partial charge in [0.15, 0.2) is 0 Å². The van der Waals surface area contributed by atoms with Crippen LogP contribution in [0.1, 0.15) is 16.6 Å². The molecule has 0 saturated carbocycles. The first kappa shape index (κ1) is 15.0. The minimum atomic E-state index is -0.118. The number of hydrogen-bond acceptors (Lipinski definition) is 5. The normalized spacial score (nSPS) is 12.3. The predicted octanol–water partition coefficient (Wildman–Crippen LogP) is 2.97. The molecule has 0 radical (unpaired) electrons. The van der Waals surface area contributed by atoms with Crippen molar-refractivity contribution in [1.82, 2.24) is 5.32 Å². The number of carbonyl (C=O) groups is 1. The van der Waals surface area contributed by atoms with Crippen LogP contribution in [0.25, 0.3) is 10.1 Å². The largest absolute Gasteiger partial charge is 0.496 e. The molecule has 0 aliphatic heterocycles. The number of methoxy groups -OCH3 is 1. The van der Waals surface area contributed by atoms with Crippen LogP contribution in [0.2, 0.25) is 0 Å². The van der Waals surface area contributed by atoms with Crippen molar-refractivity contribution in [1.29, 1.82) is 0 Å². The maximum Gasteiger partial charge on any atom is 0.263 e. The Morgan fingerprint density at radius 2 is 2.30 bits per heavy atom. The number of benzene rings is 1. The first-order valence-corrected chi connectivity index (χ1v) is 8.44. The van der Waals surface area contributed by atoms with Crippen LogP contribution >= 0.6 is 23.1 Å². The van der Waals surface area contributed by atoms with E-state index in [0.717, 1.165) is 15.8 Å². The lowest BCUT2D eigenvalue weighted by atomic mass is 10.2. The van der Waals surface area contributed by atoms with Gasteiger partial charge in [-0.25, -0.2) is 0 Å². The molecule has 1 heterocycles. The summed E-state index contributed by atoms with van der Waals surface area (Å²) in [5, 5.41) is 3.79. The first-order valence-electron chi connectivity index (χ1n) is 6.23. The average molecular weight is 310 g/mol. The van der Waals surface area contributed by atoms with Crippen molar-refractivity contribution in [2.75, 3.05) is 24.9 Å². The van der Waals surface area contributed by atoms with Crippen LogP contribution < -0.4 is 15.8 Å². The molecule has 108 valence electrons. The van der Waals surface area contributed by atoms with Crippen LogP contribution in [0, 0.1) is 0 Å². The van der Waals surface area contributed by atoms with Crippen LogP contribution in [-0.4, -0.2) is 31.1 Å². The summed E-state index contributed by atoms with van der Waals surface area (Å²) in [5.74, 6) is 1.46. The van der Waals surface area contributed by atoms with E-state index in [1.54, 1.807) is 18.9 Å². The molecular weight excluding hydrogens is 292 g/mol. The number of nitrogens with two attached hydrogens (primary N) is 1. The maximum absolute atomic E-state index is 12.3. The van der Waals surface area contributed by atoms with Gasteiger partial charge in [0.2, 0.25) is 0 Å². The average Bonchev–Trinajstić information content (AvgIpc) is 2.76. The van der Waals surface area contributed by atoms with Gasteiger partial charge >= 0.3 is 0 Å². The van der Waals surface area contributed by atoms with Crippen LogP contribution in [0.4, 0.5) is 5.69 Å². The van der Waals surface area contributed by atoms with Crippen LogP contribution in [0.5, 0.6) is 5.75 Å². The highest BCUT2D eigenvalue weighted by atomic mass is 32.2. The summed E-state index contributed by atoms with van der Waals surface area (Å²) in [6.45, 7) is 1.98. The van der Waals surface area contributed by atoms with E-state index in [0.29, 0.717) is 16.3 Å². The summed E-state index contributed by atoms with van der Waals surface area (Å²) in [6, 6.07) is 5.81. The molecule has 20 heavy (non-hydrogen) atoms. The second kappa shape index (κ2) is 6.37. The Kier molecular flexibility index (Phi) is 4.77. The molecule has 0 spiro atoms. The first-order chi connectivity index (χ1) is 9.58. The van der Waals surface area contributed by atoms with Crippen molar-refractivity contribution in [3.05, 3.63) is 23.1 Å². The van der Waals surface area contributed by atoms with Gasteiger partial charge in [0.1, 0.15) is 10.6 Å². The number of anilines is 1. The smallest absolute Gasteiger partial charge is 0.263 e. The van der Waals surface area contributed by atoms with Gasteiger partial charge in [0.25, 0.3) is 5.91 Å². The summed E-state index contributed by atoms with van der Waals surface area (Å²) in [5.41, 5.74) is 6.63. The van der Waals surface area contributed by atoms with Crippen LogP contribution in [-0.2, 0) is 0 Å². The van der Waals surface area contributed by atoms with E-state index in [1.807, 2.05) is 31.4 Å². The number of thiophene rings is 1. The molecule has 1 atom stereocenters. The Balaban J connectivity index is 2.36. The molecule has 0 aliphatic carbocycles. The highest BCUT2D eigenvalue weighted by Crippen LogP contribution is 2.39. The van der Waals surface area contributed by atoms with Gasteiger partial charge in [0, 0.05) is 16.5 Å². The number of thioether (sulfide) groups is 1. The number of fused-ring (bicyclic) bond motifs is 1. The van der Waals surface area contributed by atoms with Gasteiger partial charge in [0.05, 0.1) is 18.2 Å². The summed E-state index contributed by atoms with van der Waals surface area (Å²) in [7, 11) is 1.60. The second-order valence-electron chi connectivity index (χ2n) is 4.51. The summed E-state index contributed by atoms with van der Waals surface area (Å²) in [6.07, 6.45) is 2.02. The third-order valence-electron chi connectivity index (χ3n) is 2.93. The number of rotatable bonds is 5. The third kappa shape index (κ3) is 2.86. The zero-order chi connectivity index (χ0) is 14.7. The standard InChI is InChI=1S/C14H18N2O2S2/c1-8(7-19-3)16-14(17)13-12(15)11-9(18-2)5-4-6-10(11)20-13/h4-6,8H,7,15H2,1-3H3,(H,16,17). The fourth-order valence-electron chi connectivity index (χ4n) is 2.06. The molecule has 4 nitrogen and oxygen atoms in total. The molecule has 1 aromatic carbocycles. The van der Waals surface area contributed by atoms with Crippen molar-refractivity contribution in [3.8, 4) is 5.75 Å². The fourth-order valence-corrected chi connectivity index (χ4v) is 3.69. The van der Waals surface area contributed by atoms with Crippen molar-refractivity contribution < 1.29 is 9.53 Å². The second-order valence-corrected chi connectivity index (χ2v) is 6.47. The summed E-state index contributed by atoms with van der Waals surface area (Å²) in [4.78, 5) is 12.8. The summed E-state index contributed by atoms with van der Waals surface area (Å²) < 4.78 is 6.28. The van der Waals surface area contributed by atoms with E-state index in [9.17, 15) is 4.79 Å². The predicted molar refractivity (Wildman–Crippen MR) is 88.1 cm³/mol. The molecule has 0 saturated heterocycles. The number of ether oxygens (including phenoxy) is 1. The molecule has 1 unspecified atom stereocenters. The number of nitrogen functional groups attached to an aromatic ring is 1. The molecule has 6 heteroatoms. The Morgan fingerprint density at radius 1 is 1.55 bits per heavy atom. The molecule has 3 N–H and O–H groups in total. The van der Waals surface area contributed by atoms with Gasteiger partial charge in [-0.05, 0) is 25.3 Å². The van der Waals surface area contributed by atoms with Gasteiger partial charge in [-0.2, -0.15) is 11.8 Å². The lowest BCUT2D eigenvalue weighted by Gasteiger charge is -2.11. The third-order valence-corrected chi connectivity index (χ3v) is 4.94. The molecule has 2 aromatic rings. The van der Waals surface area contributed by atoms with Gasteiger partial charge < -0.3 is 15.8 Å². The fraction of sp³-hybridized carbons (Fsp3) is 0.357. The number of nitrogens with one attached hydrogen (secondary N) is 1. The zero-order valence-corrected chi connectivity index (χ0v) is 13.4. The van der Waals surface area contributed by atoms with Crippen molar-refractivity contribution in [2.45, 2.75) is 13.0 Å².